The lowest BCUT2D eigenvalue weighted by molar-refractivity contribution is -0.164. The van der Waals surface area contributed by atoms with E-state index in [1.807, 2.05) is 12.1 Å². The predicted octanol–water partition coefficient (Wildman–Crippen LogP) is 0.461. The summed E-state index contributed by atoms with van der Waals surface area (Å²) in [4.78, 5) is 26.0. The molecule has 0 fully saturated rings. The first-order valence-corrected chi connectivity index (χ1v) is 4.74. The quantitative estimate of drug-likeness (QED) is 0.672. The highest BCUT2D eigenvalue weighted by Gasteiger charge is 2.23. The van der Waals surface area contributed by atoms with Crippen molar-refractivity contribution in [1.82, 2.24) is 0 Å². The second kappa shape index (κ2) is 4.09. The number of rotatable bonds is 1. The van der Waals surface area contributed by atoms with Crippen LogP contribution in [-0.2, 0) is 14.4 Å². The van der Waals surface area contributed by atoms with Gasteiger partial charge in [-0.1, -0.05) is 12.1 Å². The molecule has 0 atom stereocenters. The van der Waals surface area contributed by atoms with Gasteiger partial charge in [0.1, 0.15) is 0 Å². The molecule has 0 unspecified atom stereocenters. The zero-order valence-electron chi connectivity index (χ0n) is 8.34. The summed E-state index contributed by atoms with van der Waals surface area (Å²) in [5, 5.41) is 12.8. The number of aliphatic carboxylic acids is 1. The highest BCUT2D eigenvalue weighted by atomic mass is 16.7. The van der Waals surface area contributed by atoms with E-state index in [-0.39, 0.29) is 0 Å². The van der Waals surface area contributed by atoms with E-state index in [1.165, 1.54) is 5.06 Å². The number of carbonyl (C=O) groups excluding carboxylic acids is 1. The molecule has 1 aliphatic rings. The zero-order chi connectivity index (χ0) is 11.5. The van der Waals surface area contributed by atoms with E-state index in [1.54, 1.807) is 12.1 Å². The zero-order valence-corrected chi connectivity index (χ0v) is 8.34. The number of carbonyl (C=O) groups is 2. The highest BCUT2D eigenvalue weighted by molar-refractivity contribution is 6.28. The fraction of sp³-hybridized carbons (Fsp3) is 0.200. The van der Waals surface area contributed by atoms with Gasteiger partial charge in [0.2, 0.25) is 0 Å². The van der Waals surface area contributed by atoms with Gasteiger partial charge in [-0.2, -0.15) is 0 Å². The predicted molar refractivity (Wildman–Crippen MR) is 56.0 cm³/mol. The van der Waals surface area contributed by atoms with Gasteiger partial charge in [0.25, 0.3) is 0 Å². The summed E-state index contributed by atoms with van der Waals surface area (Å²) in [7, 11) is 0. The minimum atomic E-state index is -1.60. The van der Waals surface area contributed by atoms with Crippen LogP contribution in [-0.4, -0.2) is 30.1 Å². The second-order valence-electron chi connectivity index (χ2n) is 3.23. The van der Waals surface area contributed by atoms with E-state index < -0.39 is 11.9 Å². The van der Waals surface area contributed by atoms with Crippen molar-refractivity contribution in [1.29, 1.82) is 0 Å². The van der Waals surface area contributed by atoms with Crippen LogP contribution in [0.5, 0.6) is 0 Å². The lowest BCUT2D eigenvalue weighted by atomic mass is 10.2. The second-order valence-corrected chi connectivity index (χ2v) is 3.23. The largest absolute Gasteiger partial charge is 0.473 e. The number of hydrogen-bond donors (Lipinski definition) is 2. The molecule has 2 N–H and O–H groups in total. The maximum Gasteiger partial charge on any atom is 0.441 e. The summed E-state index contributed by atoms with van der Waals surface area (Å²) in [6, 6.07) is 7.20. The molecule has 0 spiro atoms. The summed E-state index contributed by atoms with van der Waals surface area (Å²) >= 11 is 0. The Kier molecular flexibility index (Phi) is 2.63. The van der Waals surface area contributed by atoms with E-state index in [4.69, 9.17) is 9.94 Å². The molecule has 0 amide bonds. The highest BCUT2D eigenvalue weighted by Crippen LogP contribution is 2.28. The summed E-state index contributed by atoms with van der Waals surface area (Å²) in [5.41, 5.74) is 1.47. The van der Waals surface area contributed by atoms with Crippen LogP contribution in [0.15, 0.2) is 24.3 Å². The Balaban J connectivity index is 2.19. The maximum atomic E-state index is 10.9. The molecule has 0 aliphatic carbocycles. The molecule has 6 heteroatoms. The number of nitrogens with one attached hydrogen (secondary N) is 1. The number of anilines is 2. The van der Waals surface area contributed by atoms with Crippen LogP contribution in [0.4, 0.5) is 11.4 Å². The van der Waals surface area contributed by atoms with Crippen molar-refractivity contribution in [2.45, 2.75) is 0 Å². The number of fused-ring (bicyclic) bond motifs is 1. The molecule has 6 nitrogen and oxygen atoms in total. The van der Waals surface area contributed by atoms with Crippen molar-refractivity contribution in [3.8, 4) is 0 Å². The third-order valence-electron chi connectivity index (χ3n) is 2.17. The first-order valence-electron chi connectivity index (χ1n) is 4.74. The molecule has 16 heavy (non-hydrogen) atoms. The van der Waals surface area contributed by atoms with Gasteiger partial charge in [-0.3, -0.25) is 0 Å². The third kappa shape index (κ3) is 1.90. The molecule has 0 aromatic heterocycles. The number of hydroxylamine groups is 1. The topological polar surface area (TPSA) is 78.9 Å². The summed E-state index contributed by atoms with van der Waals surface area (Å²) in [5.74, 6) is -2.88. The molecule has 84 valence electrons. The van der Waals surface area contributed by atoms with Gasteiger partial charge in [0.15, 0.2) is 0 Å². The van der Waals surface area contributed by atoms with Crippen molar-refractivity contribution < 1.29 is 19.5 Å². The van der Waals surface area contributed by atoms with E-state index in [9.17, 15) is 9.59 Å². The maximum absolute atomic E-state index is 10.9. The van der Waals surface area contributed by atoms with Crippen LogP contribution in [0.2, 0.25) is 0 Å². The van der Waals surface area contributed by atoms with Gasteiger partial charge >= 0.3 is 11.9 Å². The number of nitrogens with zero attached hydrogens (tertiary/aromatic N) is 1. The molecule has 1 aromatic carbocycles. The number of para-hydroxylation sites is 2. The van der Waals surface area contributed by atoms with Crippen LogP contribution in [0, 0.1) is 0 Å². The molecular weight excluding hydrogens is 212 g/mol. The molecule has 1 aromatic rings. The van der Waals surface area contributed by atoms with Crippen LogP contribution in [0.1, 0.15) is 0 Å². The summed E-state index contributed by atoms with van der Waals surface area (Å²) in [6.07, 6.45) is 0. The summed E-state index contributed by atoms with van der Waals surface area (Å²) < 4.78 is 0. The third-order valence-corrected chi connectivity index (χ3v) is 2.17. The van der Waals surface area contributed by atoms with Gasteiger partial charge in [-0.15, -0.1) is 0 Å². The Morgan fingerprint density at radius 1 is 1.38 bits per heavy atom. The lowest BCUT2D eigenvalue weighted by Crippen LogP contribution is -2.37. The Hall–Kier alpha value is -2.24. The smallest absolute Gasteiger partial charge is 0.441 e. The van der Waals surface area contributed by atoms with Crippen LogP contribution >= 0.6 is 0 Å². The van der Waals surface area contributed by atoms with E-state index >= 15 is 0 Å². The van der Waals surface area contributed by atoms with Gasteiger partial charge < -0.3 is 15.3 Å². The van der Waals surface area contributed by atoms with Gasteiger partial charge in [-0.25, -0.2) is 14.7 Å². The Bertz CT molecular complexity index is 433. The molecular formula is C10H10N2O4. The van der Waals surface area contributed by atoms with Crippen LogP contribution in [0.3, 0.4) is 0 Å². The molecule has 0 radical (unpaired) electrons. The Morgan fingerprint density at radius 2 is 2.12 bits per heavy atom. The average Bonchev–Trinajstić information content (AvgIpc) is 2.29. The molecule has 2 rings (SSSR count). The minimum Gasteiger partial charge on any atom is -0.473 e. The first-order chi connectivity index (χ1) is 7.68. The number of carboxylic acids is 1. The van der Waals surface area contributed by atoms with Crippen molar-refractivity contribution in [2.75, 3.05) is 23.5 Å². The number of carboxylic acid groups (broad SMARTS) is 1. The fourth-order valence-corrected chi connectivity index (χ4v) is 1.49. The van der Waals surface area contributed by atoms with Crippen molar-refractivity contribution in [3.05, 3.63) is 24.3 Å². The standard InChI is InChI=1S/C10H10N2O4/c13-9(14)10(15)16-12-6-5-11-7-3-1-2-4-8(7)12/h1-4,11H,5-6H2,(H,13,14). The molecule has 0 saturated heterocycles. The molecule has 0 saturated carbocycles. The normalized spacial score (nSPS) is 13.6. The molecule has 1 aliphatic heterocycles. The van der Waals surface area contributed by atoms with Crippen molar-refractivity contribution >= 4 is 23.3 Å². The van der Waals surface area contributed by atoms with Crippen LogP contribution in [0.25, 0.3) is 0 Å². The van der Waals surface area contributed by atoms with Gasteiger partial charge in [-0.05, 0) is 12.1 Å². The van der Waals surface area contributed by atoms with Crippen LogP contribution < -0.4 is 10.4 Å². The monoisotopic (exact) mass is 222 g/mol. The number of benzene rings is 1. The Labute approximate surface area is 91.4 Å². The van der Waals surface area contributed by atoms with E-state index in [0.29, 0.717) is 18.8 Å². The van der Waals surface area contributed by atoms with E-state index in [0.717, 1.165) is 5.69 Å². The summed E-state index contributed by atoms with van der Waals surface area (Å²) in [6.45, 7) is 1.000. The lowest BCUT2D eigenvalue weighted by Gasteiger charge is -2.29. The van der Waals surface area contributed by atoms with Crippen molar-refractivity contribution in [2.24, 2.45) is 0 Å². The van der Waals surface area contributed by atoms with E-state index in [2.05, 4.69) is 5.32 Å². The van der Waals surface area contributed by atoms with Gasteiger partial charge in [0.05, 0.1) is 17.9 Å². The van der Waals surface area contributed by atoms with Gasteiger partial charge in [0, 0.05) is 6.54 Å². The fourth-order valence-electron chi connectivity index (χ4n) is 1.49. The minimum absolute atomic E-state index is 0.413. The van der Waals surface area contributed by atoms with Crippen molar-refractivity contribution in [3.63, 3.8) is 0 Å². The first kappa shape index (κ1) is 10.3. The number of hydrogen-bond acceptors (Lipinski definition) is 5. The molecule has 0 bridgehead atoms. The SMILES string of the molecule is O=C(O)C(=O)ON1CCNc2ccccc21. The average molecular weight is 222 g/mol. The Morgan fingerprint density at radius 3 is 2.88 bits per heavy atom. The molecule has 1 heterocycles.